The van der Waals surface area contributed by atoms with Gasteiger partial charge in [-0.25, -0.2) is 13.9 Å². The predicted molar refractivity (Wildman–Crippen MR) is 153 cm³/mol. The van der Waals surface area contributed by atoms with Crippen molar-refractivity contribution in [2.24, 2.45) is 0 Å². The molecule has 0 saturated carbocycles. The fourth-order valence-electron chi connectivity index (χ4n) is 4.38. The van der Waals surface area contributed by atoms with Crippen LogP contribution in [0.3, 0.4) is 0 Å². The molecule has 2 aliphatic heterocycles. The molecular weight excluding hydrogens is 529 g/mol. The summed E-state index contributed by atoms with van der Waals surface area (Å²) in [6.45, 7) is 13.9. The van der Waals surface area contributed by atoms with Crippen LogP contribution in [0, 0.1) is 12.7 Å². The van der Waals surface area contributed by atoms with E-state index >= 15 is 4.39 Å². The van der Waals surface area contributed by atoms with Crippen LogP contribution in [-0.2, 0) is 20.5 Å². The van der Waals surface area contributed by atoms with E-state index < -0.39 is 20.2 Å². The molecule has 1 saturated heterocycles. The highest BCUT2D eigenvalue weighted by atomic mass is 28.4. The number of carbonyl (C=O) groups excluding carboxylic acids is 1. The molecule has 0 radical (unpaired) electrons. The number of rotatable bonds is 8. The molecule has 11 heteroatoms. The summed E-state index contributed by atoms with van der Waals surface area (Å²) in [6, 6.07) is 12.4. The van der Waals surface area contributed by atoms with Crippen molar-refractivity contribution in [1.82, 2.24) is 20.5 Å². The first-order valence-electron chi connectivity index (χ1n) is 13.4. The van der Waals surface area contributed by atoms with E-state index in [1.165, 1.54) is 11.0 Å². The number of hydroxylamine groups is 1. The van der Waals surface area contributed by atoms with E-state index in [0.717, 1.165) is 22.5 Å². The first-order valence-corrected chi connectivity index (χ1v) is 16.3. The molecule has 0 spiro atoms. The molecule has 3 aromatic rings. The standard InChI is InChI=1S/C29H36FN5O4Si/c1-19-15-34(33-31-19)16-23-14-27(32-39-23)21-9-7-20(8-10-21)25-12-11-22(13-26(25)30)35-17-24(38-28(35)36)18-37-40(5,6)29(2,3)4/h7-15,23-24,32H,16-18H2,1-6H3/t23?,24-/m1/s1. The summed E-state index contributed by atoms with van der Waals surface area (Å²) in [5.41, 5.74) is 7.21. The topological polar surface area (TPSA) is 90.7 Å². The highest BCUT2D eigenvalue weighted by molar-refractivity contribution is 6.74. The van der Waals surface area contributed by atoms with Crippen LogP contribution in [0.25, 0.3) is 16.8 Å². The number of benzene rings is 2. The minimum atomic E-state index is -1.97. The lowest BCUT2D eigenvalue weighted by atomic mass is 10.0. The smallest absolute Gasteiger partial charge is 0.414 e. The number of aromatic nitrogens is 3. The zero-order valence-electron chi connectivity index (χ0n) is 23.8. The second-order valence-corrected chi connectivity index (χ2v) is 16.7. The van der Waals surface area contributed by atoms with Gasteiger partial charge in [0.1, 0.15) is 18.0 Å². The molecule has 2 aliphatic rings. The van der Waals surface area contributed by atoms with Crippen molar-refractivity contribution in [3.05, 3.63) is 71.8 Å². The van der Waals surface area contributed by atoms with Crippen LogP contribution in [0.15, 0.2) is 54.7 Å². The second-order valence-electron chi connectivity index (χ2n) is 11.8. The molecule has 1 fully saturated rings. The van der Waals surface area contributed by atoms with Gasteiger partial charge >= 0.3 is 6.09 Å². The molecule has 1 amide bonds. The second kappa shape index (κ2) is 10.8. The average molecular weight is 566 g/mol. The summed E-state index contributed by atoms with van der Waals surface area (Å²) < 4.78 is 28.7. The number of carbonyl (C=O) groups is 1. The summed E-state index contributed by atoms with van der Waals surface area (Å²) >= 11 is 0. The number of cyclic esters (lactones) is 1. The van der Waals surface area contributed by atoms with Crippen LogP contribution in [0.5, 0.6) is 0 Å². The molecule has 1 unspecified atom stereocenters. The Morgan fingerprint density at radius 2 is 1.88 bits per heavy atom. The van der Waals surface area contributed by atoms with Crippen molar-refractivity contribution in [2.75, 3.05) is 18.1 Å². The van der Waals surface area contributed by atoms with Crippen LogP contribution >= 0.6 is 0 Å². The van der Waals surface area contributed by atoms with Crippen LogP contribution in [0.1, 0.15) is 32.0 Å². The summed E-state index contributed by atoms with van der Waals surface area (Å²) in [6.07, 6.45) is 2.79. The van der Waals surface area contributed by atoms with Crippen molar-refractivity contribution in [3.8, 4) is 11.1 Å². The number of ether oxygens (including phenoxy) is 1. The molecule has 40 heavy (non-hydrogen) atoms. The predicted octanol–water partition coefficient (Wildman–Crippen LogP) is 5.68. The van der Waals surface area contributed by atoms with Gasteiger partial charge in [0.25, 0.3) is 0 Å². The Balaban J connectivity index is 1.22. The van der Waals surface area contributed by atoms with Gasteiger partial charge in [0, 0.05) is 11.8 Å². The van der Waals surface area contributed by atoms with Crippen molar-refractivity contribution in [2.45, 2.75) is 64.6 Å². The van der Waals surface area contributed by atoms with Gasteiger partial charge in [0.2, 0.25) is 0 Å². The lowest BCUT2D eigenvalue weighted by molar-refractivity contribution is 0.0395. The average Bonchev–Trinajstić information content (AvgIpc) is 3.63. The van der Waals surface area contributed by atoms with Gasteiger partial charge in [0.05, 0.1) is 36.8 Å². The van der Waals surface area contributed by atoms with Crippen molar-refractivity contribution >= 4 is 25.8 Å². The molecule has 0 aliphatic carbocycles. The molecule has 1 N–H and O–H groups in total. The normalized spacial score (nSPS) is 19.5. The quantitative estimate of drug-likeness (QED) is 0.351. The number of nitrogens with zero attached hydrogens (tertiary/aromatic N) is 4. The highest BCUT2D eigenvalue weighted by Crippen LogP contribution is 2.37. The van der Waals surface area contributed by atoms with Crippen molar-refractivity contribution in [1.29, 1.82) is 0 Å². The van der Waals surface area contributed by atoms with E-state index in [-0.39, 0.29) is 17.2 Å². The Bertz CT molecular complexity index is 1420. The van der Waals surface area contributed by atoms with Gasteiger partial charge in [-0.05, 0) is 60.5 Å². The maximum Gasteiger partial charge on any atom is 0.414 e. The van der Waals surface area contributed by atoms with E-state index in [4.69, 9.17) is 14.0 Å². The number of halogens is 1. The van der Waals surface area contributed by atoms with E-state index in [0.29, 0.717) is 30.9 Å². The maximum absolute atomic E-state index is 15.3. The molecule has 3 heterocycles. The third kappa shape index (κ3) is 5.96. The van der Waals surface area contributed by atoms with Crippen LogP contribution < -0.4 is 10.4 Å². The molecule has 9 nitrogen and oxygen atoms in total. The minimum absolute atomic E-state index is 0.0606. The first kappa shape index (κ1) is 28.0. The molecule has 0 bridgehead atoms. The van der Waals surface area contributed by atoms with Gasteiger partial charge in [-0.2, -0.15) is 0 Å². The van der Waals surface area contributed by atoms with Crippen LogP contribution in [0.2, 0.25) is 18.1 Å². The summed E-state index contributed by atoms with van der Waals surface area (Å²) in [7, 11) is -1.97. The van der Waals surface area contributed by atoms with E-state index in [1.54, 1.807) is 16.8 Å². The number of hydrogen-bond acceptors (Lipinski definition) is 7. The molecule has 2 aromatic carbocycles. The third-order valence-corrected chi connectivity index (χ3v) is 12.3. The lowest BCUT2D eigenvalue weighted by Gasteiger charge is -2.36. The fraction of sp³-hybridized carbons (Fsp3) is 0.414. The number of aryl methyl sites for hydroxylation is 1. The van der Waals surface area contributed by atoms with Crippen LogP contribution in [-0.4, -0.2) is 54.8 Å². The zero-order valence-corrected chi connectivity index (χ0v) is 24.8. The largest absolute Gasteiger partial charge is 0.442 e. The molecule has 1 aromatic heterocycles. The van der Waals surface area contributed by atoms with E-state index in [1.807, 2.05) is 43.5 Å². The van der Waals surface area contributed by atoms with E-state index in [2.05, 4.69) is 49.7 Å². The molecule has 2 atom stereocenters. The summed E-state index contributed by atoms with van der Waals surface area (Å²) in [5.74, 6) is -0.413. The number of hydrogen-bond donors (Lipinski definition) is 1. The Labute approximate surface area is 235 Å². The van der Waals surface area contributed by atoms with Gasteiger partial charge in [-0.1, -0.05) is 50.3 Å². The third-order valence-electron chi connectivity index (χ3n) is 7.77. The van der Waals surface area contributed by atoms with Crippen LogP contribution in [0.4, 0.5) is 14.9 Å². The van der Waals surface area contributed by atoms with Gasteiger partial charge < -0.3 is 9.16 Å². The summed E-state index contributed by atoms with van der Waals surface area (Å²) in [5, 5.41) is 8.11. The minimum Gasteiger partial charge on any atom is -0.442 e. The Kier molecular flexibility index (Phi) is 7.55. The molecule has 212 valence electrons. The SMILES string of the molecule is Cc1cn(CC2C=C(c3ccc(-c4ccc(N5C[C@H](CO[Si](C)(C)C(C)(C)C)OC5=O)cc4F)cc3)NO2)nn1. The van der Waals surface area contributed by atoms with Gasteiger partial charge in [-0.15, -0.1) is 5.10 Å². The lowest BCUT2D eigenvalue weighted by Crippen LogP contribution is -2.43. The monoisotopic (exact) mass is 565 g/mol. The Hall–Kier alpha value is -3.54. The maximum atomic E-state index is 15.3. The van der Waals surface area contributed by atoms with E-state index in [9.17, 15) is 4.79 Å². The zero-order chi connectivity index (χ0) is 28.7. The van der Waals surface area contributed by atoms with Crippen molar-refractivity contribution in [3.63, 3.8) is 0 Å². The fourth-order valence-corrected chi connectivity index (χ4v) is 5.42. The van der Waals surface area contributed by atoms with Crippen molar-refractivity contribution < 1.29 is 23.2 Å². The Morgan fingerprint density at radius 1 is 1.15 bits per heavy atom. The number of anilines is 1. The molecular formula is C29H36FN5O4Si. The Morgan fingerprint density at radius 3 is 2.52 bits per heavy atom. The molecule has 5 rings (SSSR count). The first-order chi connectivity index (χ1) is 18.9. The highest BCUT2D eigenvalue weighted by Gasteiger charge is 2.40. The number of amides is 1. The number of nitrogens with one attached hydrogen (secondary N) is 1. The summed E-state index contributed by atoms with van der Waals surface area (Å²) in [4.78, 5) is 19.7. The van der Waals surface area contributed by atoms with Gasteiger partial charge in [-0.3, -0.25) is 15.2 Å². The van der Waals surface area contributed by atoms with Gasteiger partial charge in [0.15, 0.2) is 8.32 Å².